The first-order chi connectivity index (χ1) is 17.9. The summed E-state index contributed by atoms with van der Waals surface area (Å²) in [6.07, 6.45) is 2.26. The fourth-order valence-corrected chi connectivity index (χ4v) is 5.72. The van der Waals surface area contributed by atoms with Crippen LogP contribution in [0.25, 0.3) is 10.9 Å². The van der Waals surface area contributed by atoms with Gasteiger partial charge in [0.2, 0.25) is 11.8 Å². The Bertz CT molecular complexity index is 1370. The number of nitrogens with zero attached hydrogens (tertiary/aromatic N) is 3. The number of nitrogens with two attached hydrogens (primary N) is 2. The van der Waals surface area contributed by atoms with E-state index in [2.05, 4.69) is 9.97 Å². The van der Waals surface area contributed by atoms with Gasteiger partial charge >= 0.3 is 0 Å². The highest BCUT2D eigenvalue weighted by Gasteiger charge is 2.40. The zero-order chi connectivity index (χ0) is 27.8. The molecule has 10 heteroatoms. The van der Waals surface area contributed by atoms with Gasteiger partial charge in [-0.05, 0) is 62.8 Å². The number of benzene rings is 1. The summed E-state index contributed by atoms with van der Waals surface area (Å²) in [5, 5.41) is 14.6. The van der Waals surface area contributed by atoms with Crippen molar-refractivity contribution in [1.82, 2.24) is 15.0 Å². The van der Waals surface area contributed by atoms with Gasteiger partial charge in [0.15, 0.2) is 5.60 Å². The largest absolute Gasteiger partial charge is 0.481 e. The summed E-state index contributed by atoms with van der Waals surface area (Å²) in [4.78, 5) is 9.19. The average molecular weight is 546 g/mol. The standard InChI is InChI=1S/C28H34ClF2N5O2/c1-16-5-7-22(17(2)34-16)28(37,24(15-32)36(3)33)19-6-8-23-20(14-19)25(29)21(26(35-23)38-4)13-18-9-11-27(30,31)12-10-18/h5-8,14-15,18,37H,9-13,32-33H2,1-4H3/b24-15-. The van der Waals surface area contributed by atoms with Crippen molar-refractivity contribution in [3.63, 3.8) is 0 Å². The Hall–Kier alpha value is -3.01. The Morgan fingerprint density at radius 3 is 2.50 bits per heavy atom. The lowest BCUT2D eigenvalue weighted by atomic mass is 9.81. The van der Waals surface area contributed by atoms with Crippen molar-refractivity contribution in [2.24, 2.45) is 17.5 Å². The van der Waals surface area contributed by atoms with Crippen LogP contribution in [0.15, 0.2) is 42.2 Å². The molecule has 1 aliphatic carbocycles. The number of aromatic nitrogens is 2. The second-order valence-corrected chi connectivity index (χ2v) is 10.5. The fourth-order valence-electron chi connectivity index (χ4n) is 5.41. The third-order valence-corrected chi connectivity index (χ3v) is 7.87. The molecule has 38 heavy (non-hydrogen) atoms. The summed E-state index contributed by atoms with van der Waals surface area (Å²) >= 11 is 6.96. The smallest absolute Gasteiger partial charge is 0.248 e. The normalized spacial score (nSPS) is 17.9. The molecule has 3 aromatic rings. The van der Waals surface area contributed by atoms with E-state index in [1.54, 1.807) is 31.3 Å². The number of rotatable bonds is 7. The SMILES string of the molecule is COc1nc2ccc(C(O)(/C(=C/N)N(C)N)c3ccc(C)nc3C)cc2c(Cl)c1CC1CCC(F)(F)CC1. The number of likely N-dealkylation sites (N-methyl/N-ethyl adjacent to an activating group) is 1. The zero-order valence-corrected chi connectivity index (χ0v) is 22.8. The number of halogens is 3. The molecule has 4 rings (SSSR count). The van der Waals surface area contributed by atoms with E-state index in [0.717, 1.165) is 5.69 Å². The van der Waals surface area contributed by atoms with Gasteiger partial charge in [-0.1, -0.05) is 23.7 Å². The van der Waals surface area contributed by atoms with Crippen molar-refractivity contribution >= 4 is 22.5 Å². The van der Waals surface area contributed by atoms with Gasteiger partial charge in [-0.15, -0.1) is 0 Å². The number of alkyl halides is 2. The van der Waals surface area contributed by atoms with E-state index in [1.807, 2.05) is 19.9 Å². The monoisotopic (exact) mass is 545 g/mol. The summed E-state index contributed by atoms with van der Waals surface area (Å²) in [7, 11) is 3.10. The Balaban J connectivity index is 1.88. The Morgan fingerprint density at radius 2 is 1.92 bits per heavy atom. The van der Waals surface area contributed by atoms with Crippen molar-refractivity contribution in [3.05, 3.63) is 75.3 Å². The molecule has 0 spiro atoms. The number of aryl methyl sites for hydroxylation is 2. The van der Waals surface area contributed by atoms with Gasteiger partial charge in [-0.2, -0.15) is 0 Å². The lowest BCUT2D eigenvalue weighted by Gasteiger charge is -2.36. The molecular weight excluding hydrogens is 512 g/mol. The van der Waals surface area contributed by atoms with Gasteiger partial charge in [0.25, 0.3) is 0 Å². The number of pyridine rings is 2. The number of ether oxygens (including phenoxy) is 1. The first-order valence-corrected chi connectivity index (χ1v) is 12.9. The van der Waals surface area contributed by atoms with Crippen LogP contribution in [-0.4, -0.2) is 40.2 Å². The minimum atomic E-state index is -2.61. The number of hydrogen-bond acceptors (Lipinski definition) is 7. The molecule has 0 bridgehead atoms. The van der Waals surface area contributed by atoms with E-state index in [9.17, 15) is 13.9 Å². The van der Waals surface area contributed by atoms with E-state index in [-0.39, 0.29) is 24.5 Å². The van der Waals surface area contributed by atoms with Crippen molar-refractivity contribution in [3.8, 4) is 5.88 Å². The second kappa shape index (κ2) is 10.6. The highest BCUT2D eigenvalue weighted by atomic mass is 35.5. The zero-order valence-electron chi connectivity index (χ0n) is 22.1. The molecule has 5 N–H and O–H groups in total. The molecule has 2 heterocycles. The number of methoxy groups -OCH3 is 1. The summed E-state index contributed by atoms with van der Waals surface area (Å²) in [5.74, 6) is 3.91. The van der Waals surface area contributed by atoms with Crippen molar-refractivity contribution in [1.29, 1.82) is 0 Å². The van der Waals surface area contributed by atoms with Crippen LogP contribution in [0, 0.1) is 19.8 Å². The van der Waals surface area contributed by atoms with Crippen LogP contribution in [-0.2, 0) is 12.0 Å². The molecule has 0 aliphatic heterocycles. The van der Waals surface area contributed by atoms with E-state index in [4.69, 9.17) is 27.9 Å². The van der Waals surface area contributed by atoms with Crippen molar-refractivity contribution in [2.45, 2.75) is 57.5 Å². The summed E-state index contributed by atoms with van der Waals surface area (Å²) in [5.41, 5.74) is 8.08. The minimum absolute atomic E-state index is 0.0411. The van der Waals surface area contributed by atoms with Crippen LogP contribution in [0.3, 0.4) is 0 Å². The van der Waals surface area contributed by atoms with Crippen molar-refractivity contribution in [2.75, 3.05) is 14.2 Å². The van der Waals surface area contributed by atoms with E-state index >= 15 is 0 Å². The first-order valence-electron chi connectivity index (χ1n) is 12.5. The molecule has 7 nitrogen and oxygen atoms in total. The Morgan fingerprint density at radius 1 is 1.24 bits per heavy atom. The Labute approximate surface area is 226 Å². The molecule has 1 aliphatic rings. The quantitative estimate of drug-likeness (QED) is 0.279. The highest BCUT2D eigenvalue weighted by molar-refractivity contribution is 6.36. The van der Waals surface area contributed by atoms with Gasteiger partial charge in [-0.25, -0.2) is 19.6 Å². The second-order valence-electron chi connectivity index (χ2n) is 10.1. The van der Waals surface area contributed by atoms with Gasteiger partial charge in [-0.3, -0.25) is 4.98 Å². The lowest BCUT2D eigenvalue weighted by molar-refractivity contribution is -0.0456. The first kappa shape index (κ1) is 28.0. The number of hydrazine groups is 1. The number of fused-ring (bicyclic) bond motifs is 1. The maximum Gasteiger partial charge on any atom is 0.248 e. The molecule has 1 atom stereocenters. The molecule has 1 fully saturated rings. The molecule has 2 aromatic heterocycles. The van der Waals surface area contributed by atoms with E-state index in [0.29, 0.717) is 63.5 Å². The summed E-state index contributed by atoms with van der Waals surface area (Å²) < 4.78 is 33.0. The van der Waals surface area contributed by atoms with Gasteiger partial charge < -0.3 is 20.6 Å². The molecule has 0 amide bonds. The summed E-state index contributed by atoms with van der Waals surface area (Å²) in [6.45, 7) is 3.68. The van der Waals surface area contributed by atoms with Crippen LogP contribution in [0.2, 0.25) is 5.02 Å². The van der Waals surface area contributed by atoms with Crippen LogP contribution in [0.5, 0.6) is 5.88 Å². The third kappa shape index (κ3) is 5.15. The molecule has 0 saturated heterocycles. The molecule has 204 valence electrons. The van der Waals surface area contributed by atoms with Gasteiger partial charge in [0.1, 0.15) is 0 Å². The highest BCUT2D eigenvalue weighted by Crippen LogP contribution is 2.43. The molecule has 1 saturated carbocycles. The number of aliphatic hydroxyl groups is 1. The predicted molar refractivity (Wildman–Crippen MR) is 145 cm³/mol. The average Bonchev–Trinajstić information content (AvgIpc) is 2.86. The maximum absolute atomic E-state index is 13.7. The fraction of sp³-hybridized carbons (Fsp3) is 0.429. The molecular formula is C28H34ClF2N5O2. The van der Waals surface area contributed by atoms with Crippen LogP contribution < -0.4 is 16.3 Å². The van der Waals surface area contributed by atoms with E-state index in [1.165, 1.54) is 18.3 Å². The van der Waals surface area contributed by atoms with Crippen molar-refractivity contribution < 1.29 is 18.6 Å². The van der Waals surface area contributed by atoms with Crippen LogP contribution in [0.1, 0.15) is 53.8 Å². The molecule has 1 unspecified atom stereocenters. The van der Waals surface area contributed by atoms with Gasteiger partial charge in [0, 0.05) is 54.0 Å². The van der Waals surface area contributed by atoms with Crippen LogP contribution >= 0.6 is 11.6 Å². The molecule has 1 aromatic carbocycles. The van der Waals surface area contributed by atoms with Crippen LogP contribution in [0.4, 0.5) is 8.78 Å². The molecule has 0 radical (unpaired) electrons. The maximum atomic E-state index is 13.7. The lowest BCUT2D eigenvalue weighted by Crippen LogP contribution is -2.42. The Kier molecular flexibility index (Phi) is 7.84. The third-order valence-electron chi connectivity index (χ3n) is 7.44. The number of hydrogen-bond donors (Lipinski definition) is 3. The summed E-state index contributed by atoms with van der Waals surface area (Å²) in [6, 6.07) is 8.85. The topological polar surface area (TPSA) is 111 Å². The predicted octanol–water partition coefficient (Wildman–Crippen LogP) is 5.12. The van der Waals surface area contributed by atoms with E-state index < -0.39 is 11.5 Å². The van der Waals surface area contributed by atoms with Gasteiger partial charge in [0.05, 0.1) is 23.3 Å². The minimum Gasteiger partial charge on any atom is -0.481 e.